The van der Waals surface area contributed by atoms with Gasteiger partial charge in [-0.3, -0.25) is 4.79 Å². The second-order valence-corrected chi connectivity index (χ2v) is 8.29. The molecule has 26 heavy (non-hydrogen) atoms. The smallest absolute Gasteiger partial charge is 0.243 e. The van der Waals surface area contributed by atoms with Crippen molar-refractivity contribution >= 4 is 29.0 Å². The molecule has 3 rings (SSSR count). The van der Waals surface area contributed by atoms with Crippen molar-refractivity contribution in [1.82, 2.24) is 19.7 Å². The number of rotatable bonds is 7. The largest absolute Gasteiger partial charge is 0.314 e. The summed E-state index contributed by atoms with van der Waals surface area (Å²) in [5.74, 6) is 0.906. The number of nitrogens with zero attached hydrogens (tertiary/aromatic N) is 4. The number of likely N-dealkylation sites (N-methyl/N-ethyl adjacent to an activating group) is 1. The zero-order valence-electron chi connectivity index (χ0n) is 15.2. The van der Waals surface area contributed by atoms with E-state index in [0.717, 1.165) is 35.1 Å². The Morgan fingerprint density at radius 2 is 2.23 bits per heavy atom. The average molecular weight is 387 g/mol. The molecule has 1 fully saturated rings. The molecule has 0 radical (unpaired) electrons. The van der Waals surface area contributed by atoms with Crippen molar-refractivity contribution in [1.29, 1.82) is 0 Å². The Balaban J connectivity index is 1.80. The minimum absolute atomic E-state index is 0.0817. The van der Waals surface area contributed by atoms with Crippen LogP contribution in [0.15, 0.2) is 58.6 Å². The molecule has 2 aromatic rings. The molecule has 0 spiro atoms. The highest BCUT2D eigenvalue weighted by molar-refractivity contribution is 8.01. The van der Waals surface area contributed by atoms with Crippen LogP contribution in [0.3, 0.4) is 0 Å². The van der Waals surface area contributed by atoms with Gasteiger partial charge in [0.05, 0.1) is 0 Å². The molecule has 136 valence electrons. The summed E-state index contributed by atoms with van der Waals surface area (Å²) in [6.07, 6.45) is 9.11. The Hall–Kier alpha value is -2.12. The molecule has 2 aromatic heterocycles. The second-order valence-electron chi connectivity index (χ2n) is 6.16. The molecule has 0 aromatic carbocycles. The standard InChI is InChI=1S/C19H22N4OS2/c1-5-7-8-15(6-2)22(3)17(24)19(10-11-19)26-18-21-20-16(23(18)4)14-9-12-25-13-14/h5-9,12-13H,2,10-11H2,1,3-4H3/b7-5-,15-8+. The average Bonchev–Trinajstić information content (AvgIpc) is 3.05. The minimum Gasteiger partial charge on any atom is -0.314 e. The third-order valence-corrected chi connectivity index (χ3v) is 6.55. The van der Waals surface area contributed by atoms with E-state index in [1.165, 1.54) is 11.8 Å². The Kier molecular flexibility index (Phi) is 5.48. The van der Waals surface area contributed by atoms with Crippen LogP contribution in [0.5, 0.6) is 0 Å². The van der Waals surface area contributed by atoms with Crippen LogP contribution in [0.1, 0.15) is 19.8 Å². The van der Waals surface area contributed by atoms with Gasteiger partial charge in [0.15, 0.2) is 11.0 Å². The van der Waals surface area contributed by atoms with E-state index in [4.69, 9.17) is 0 Å². The quantitative estimate of drug-likeness (QED) is 0.667. The maximum absolute atomic E-state index is 13.1. The fourth-order valence-corrected chi connectivity index (χ4v) is 4.45. The molecule has 1 aliphatic rings. The van der Waals surface area contributed by atoms with E-state index in [2.05, 4.69) is 16.8 Å². The number of carbonyl (C=O) groups excluding carboxylic acids is 1. The summed E-state index contributed by atoms with van der Waals surface area (Å²) in [5.41, 5.74) is 1.84. The fourth-order valence-electron chi connectivity index (χ4n) is 2.63. The molecule has 1 aliphatic carbocycles. The van der Waals surface area contributed by atoms with Crippen molar-refractivity contribution in [2.45, 2.75) is 29.7 Å². The maximum atomic E-state index is 13.1. The Bertz CT molecular complexity index is 860. The predicted molar refractivity (Wildman–Crippen MR) is 108 cm³/mol. The van der Waals surface area contributed by atoms with Gasteiger partial charge in [-0.25, -0.2) is 0 Å². The van der Waals surface area contributed by atoms with Gasteiger partial charge in [0.1, 0.15) is 4.75 Å². The molecule has 0 N–H and O–H groups in total. The molecule has 0 aliphatic heterocycles. The van der Waals surface area contributed by atoms with Crippen LogP contribution in [0.4, 0.5) is 0 Å². The van der Waals surface area contributed by atoms with Crippen molar-refractivity contribution in [2.75, 3.05) is 7.05 Å². The molecular formula is C19H22N4OS2. The summed E-state index contributed by atoms with van der Waals surface area (Å²) in [6.45, 7) is 5.76. The number of amides is 1. The lowest BCUT2D eigenvalue weighted by Crippen LogP contribution is -2.35. The van der Waals surface area contributed by atoms with Crippen LogP contribution in [-0.4, -0.2) is 37.4 Å². The van der Waals surface area contributed by atoms with E-state index in [1.807, 2.05) is 53.6 Å². The van der Waals surface area contributed by atoms with Crippen LogP contribution < -0.4 is 0 Å². The van der Waals surface area contributed by atoms with Gasteiger partial charge in [0.25, 0.3) is 0 Å². The first-order chi connectivity index (χ1) is 12.5. The summed E-state index contributed by atoms with van der Waals surface area (Å²) in [4.78, 5) is 14.8. The number of thiophene rings is 1. The van der Waals surface area contributed by atoms with Crippen LogP contribution in [0.25, 0.3) is 11.4 Å². The first-order valence-corrected chi connectivity index (χ1v) is 10.1. The van der Waals surface area contributed by atoms with Crippen LogP contribution in [-0.2, 0) is 11.8 Å². The summed E-state index contributed by atoms with van der Waals surface area (Å²) in [6, 6.07) is 2.03. The topological polar surface area (TPSA) is 51.0 Å². The molecule has 0 unspecified atom stereocenters. The molecule has 2 heterocycles. The van der Waals surface area contributed by atoms with Gasteiger partial charge in [0, 0.05) is 30.7 Å². The number of carbonyl (C=O) groups is 1. The molecule has 1 amide bonds. The summed E-state index contributed by atoms with van der Waals surface area (Å²) in [7, 11) is 3.74. The minimum atomic E-state index is -0.459. The molecule has 0 saturated heterocycles. The number of aromatic nitrogens is 3. The Morgan fingerprint density at radius 3 is 2.81 bits per heavy atom. The van der Waals surface area contributed by atoms with Gasteiger partial charge in [-0.05, 0) is 43.4 Å². The van der Waals surface area contributed by atoms with Gasteiger partial charge >= 0.3 is 0 Å². The van der Waals surface area contributed by atoms with Crippen LogP contribution in [0, 0.1) is 0 Å². The van der Waals surface area contributed by atoms with E-state index in [1.54, 1.807) is 29.4 Å². The first kappa shape index (κ1) is 18.7. The molecule has 1 saturated carbocycles. The third-order valence-electron chi connectivity index (χ3n) is 4.36. The Morgan fingerprint density at radius 1 is 1.46 bits per heavy atom. The highest BCUT2D eigenvalue weighted by Gasteiger charge is 2.53. The summed E-state index contributed by atoms with van der Waals surface area (Å²) < 4.78 is 1.50. The zero-order chi connectivity index (χ0) is 18.7. The van der Waals surface area contributed by atoms with Gasteiger partial charge in [0.2, 0.25) is 5.91 Å². The van der Waals surface area contributed by atoms with Gasteiger partial charge in [-0.2, -0.15) is 11.3 Å². The summed E-state index contributed by atoms with van der Waals surface area (Å²) in [5, 5.41) is 13.5. The van der Waals surface area contributed by atoms with Gasteiger partial charge in [-0.1, -0.05) is 30.5 Å². The normalized spacial score (nSPS) is 16.0. The highest BCUT2D eigenvalue weighted by atomic mass is 32.2. The van der Waals surface area contributed by atoms with Gasteiger partial charge < -0.3 is 9.47 Å². The number of allylic oxidation sites excluding steroid dienone is 4. The van der Waals surface area contributed by atoms with Crippen molar-refractivity contribution in [3.05, 3.63) is 53.4 Å². The van der Waals surface area contributed by atoms with Crippen molar-refractivity contribution < 1.29 is 4.79 Å². The molecule has 5 nitrogen and oxygen atoms in total. The lowest BCUT2D eigenvalue weighted by atomic mass is 10.3. The number of hydrogen-bond acceptors (Lipinski definition) is 5. The molecular weight excluding hydrogens is 364 g/mol. The predicted octanol–water partition coefficient (Wildman–Crippen LogP) is 4.27. The van der Waals surface area contributed by atoms with E-state index in [9.17, 15) is 4.79 Å². The number of hydrogen-bond donors (Lipinski definition) is 0. The fraction of sp³-hybridized carbons (Fsp3) is 0.316. The van der Waals surface area contributed by atoms with E-state index >= 15 is 0 Å². The van der Waals surface area contributed by atoms with E-state index in [0.29, 0.717) is 0 Å². The third kappa shape index (κ3) is 3.54. The molecule has 7 heteroatoms. The lowest BCUT2D eigenvalue weighted by molar-refractivity contribution is -0.128. The zero-order valence-corrected chi connectivity index (χ0v) is 16.8. The monoisotopic (exact) mass is 386 g/mol. The lowest BCUT2D eigenvalue weighted by Gasteiger charge is -2.23. The van der Waals surface area contributed by atoms with Gasteiger partial charge in [-0.15, -0.1) is 10.2 Å². The molecule has 0 atom stereocenters. The maximum Gasteiger partial charge on any atom is 0.243 e. The van der Waals surface area contributed by atoms with Crippen molar-refractivity contribution in [3.8, 4) is 11.4 Å². The molecule has 0 bridgehead atoms. The second kappa shape index (κ2) is 7.63. The Labute approximate surface area is 162 Å². The SMILES string of the molecule is C=C/C(=C\C=C/C)N(C)C(=O)C1(Sc2nnc(-c3ccsc3)n2C)CC1. The van der Waals surface area contributed by atoms with E-state index < -0.39 is 4.75 Å². The highest BCUT2D eigenvalue weighted by Crippen LogP contribution is 2.52. The number of thioether (sulfide) groups is 1. The van der Waals surface area contributed by atoms with E-state index in [-0.39, 0.29) is 5.91 Å². The van der Waals surface area contributed by atoms with Crippen LogP contribution in [0.2, 0.25) is 0 Å². The van der Waals surface area contributed by atoms with Crippen LogP contribution >= 0.6 is 23.1 Å². The van der Waals surface area contributed by atoms with Crippen molar-refractivity contribution in [3.63, 3.8) is 0 Å². The first-order valence-electron chi connectivity index (χ1n) is 8.37. The van der Waals surface area contributed by atoms with Crippen molar-refractivity contribution in [2.24, 2.45) is 7.05 Å². The summed E-state index contributed by atoms with van der Waals surface area (Å²) >= 11 is 3.14.